The van der Waals surface area contributed by atoms with Crippen molar-refractivity contribution in [2.75, 3.05) is 26.2 Å². The van der Waals surface area contributed by atoms with Crippen LogP contribution in [0.4, 0.5) is 4.79 Å². The van der Waals surface area contributed by atoms with E-state index in [0.29, 0.717) is 0 Å². The Labute approximate surface area is 116 Å². The third-order valence-corrected chi connectivity index (χ3v) is 3.09. The van der Waals surface area contributed by atoms with E-state index in [1.165, 1.54) is 4.90 Å². The summed E-state index contributed by atoms with van der Waals surface area (Å²) in [6, 6.07) is -1.64. The minimum Gasteiger partial charge on any atom is -0.480 e. The van der Waals surface area contributed by atoms with Crippen LogP contribution >= 0.6 is 0 Å². The number of carboxylic acid groups (broad SMARTS) is 1. The largest absolute Gasteiger partial charge is 0.480 e. The minimum absolute atomic E-state index is 0.00195. The van der Waals surface area contributed by atoms with E-state index in [4.69, 9.17) is 9.84 Å². The zero-order valence-electron chi connectivity index (χ0n) is 11.6. The van der Waals surface area contributed by atoms with Gasteiger partial charge in [-0.2, -0.15) is 0 Å². The molecule has 2 amide bonds. The number of likely N-dealkylation sites (N-methyl/N-ethyl adjacent to an activating group) is 1. The summed E-state index contributed by atoms with van der Waals surface area (Å²) in [4.78, 5) is 37.0. The first-order valence-electron chi connectivity index (χ1n) is 6.52. The molecule has 2 N–H and O–H groups in total. The molecular weight excluding hydrogens is 268 g/mol. The Bertz CT molecular complexity index is 386. The molecule has 1 heterocycles. The summed E-state index contributed by atoms with van der Waals surface area (Å²) in [5.74, 6) is -1.71. The third kappa shape index (κ3) is 3.83. The zero-order chi connectivity index (χ0) is 15.3. The molecule has 2 atom stereocenters. The smallest absolute Gasteiger partial charge is 0.326 e. The van der Waals surface area contributed by atoms with Gasteiger partial charge < -0.3 is 24.7 Å². The molecule has 0 aromatic rings. The summed E-state index contributed by atoms with van der Waals surface area (Å²) >= 11 is 0. The fourth-order valence-electron chi connectivity index (χ4n) is 2.12. The predicted molar refractivity (Wildman–Crippen MR) is 68.0 cm³/mol. The van der Waals surface area contributed by atoms with E-state index in [1.807, 2.05) is 0 Å². The maximum absolute atomic E-state index is 12.2. The molecule has 0 aromatic carbocycles. The highest BCUT2D eigenvalue weighted by atomic mass is 16.5. The number of hydrogen-bond acceptors (Lipinski definition) is 5. The molecule has 1 saturated heterocycles. The number of urea groups is 1. The van der Waals surface area contributed by atoms with Crippen LogP contribution in [0.2, 0.25) is 0 Å². The lowest BCUT2D eigenvalue weighted by Crippen LogP contribution is -2.49. The average molecular weight is 288 g/mol. The molecular formula is C12H20N2O6. The maximum atomic E-state index is 12.2. The molecule has 0 aromatic heterocycles. The quantitative estimate of drug-likeness (QED) is 0.661. The second-order valence-corrected chi connectivity index (χ2v) is 4.50. The molecule has 20 heavy (non-hydrogen) atoms. The van der Waals surface area contributed by atoms with Crippen LogP contribution in [0.25, 0.3) is 0 Å². The van der Waals surface area contributed by atoms with Crippen molar-refractivity contribution in [1.29, 1.82) is 0 Å². The van der Waals surface area contributed by atoms with Crippen molar-refractivity contribution in [2.45, 2.75) is 32.4 Å². The number of likely N-dealkylation sites (tertiary alicyclic amines) is 1. The van der Waals surface area contributed by atoms with Crippen molar-refractivity contribution < 1.29 is 29.3 Å². The second-order valence-electron chi connectivity index (χ2n) is 4.50. The van der Waals surface area contributed by atoms with Gasteiger partial charge in [-0.1, -0.05) is 0 Å². The topological polar surface area (TPSA) is 107 Å². The van der Waals surface area contributed by atoms with Gasteiger partial charge in [0.1, 0.15) is 12.6 Å². The van der Waals surface area contributed by atoms with Gasteiger partial charge in [0.25, 0.3) is 0 Å². The summed E-state index contributed by atoms with van der Waals surface area (Å²) in [7, 11) is 0. The van der Waals surface area contributed by atoms with Gasteiger partial charge in [0.05, 0.1) is 12.7 Å². The Morgan fingerprint density at radius 2 is 2.00 bits per heavy atom. The minimum atomic E-state index is -1.16. The SMILES string of the molecule is CCOC(=O)CN(CC)C(=O)N1CC(O)CC1C(=O)O. The lowest BCUT2D eigenvalue weighted by atomic mass is 10.2. The standard InChI is InChI=1S/C12H20N2O6/c1-3-13(7-10(16)20-4-2)12(19)14-6-8(15)5-9(14)11(17)18/h8-9,15H,3-7H2,1-2H3,(H,17,18). The summed E-state index contributed by atoms with van der Waals surface area (Å²) in [5.41, 5.74) is 0. The van der Waals surface area contributed by atoms with Crippen LogP contribution in [-0.4, -0.2) is 76.4 Å². The summed E-state index contributed by atoms with van der Waals surface area (Å²) in [5, 5.41) is 18.6. The number of carbonyl (C=O) groups is 3. The van der Waals surface area contributed by atoms with Gasteiger partial charge in [0.15, 0.2) is 0 Å². The van der Waals surface area contributed by atoms with E-state index < -0.39 is 30.1 Å². The Morgan fingerprint density at radius 1 is 1.35 bits per heavy atom. The van der Waals surface area contributed by atoms with E-state index >= 15 is 0 Å². The molecule has 0 saturated carbocycles. The first kappa shape index (κ1) is 16.2. The Hall–Kier alpha value is -1.83. The number of ether oxygens (including phenoxy) is 1. The number of carboxylic acids is 1. The van der Waals surface area contributed by atoms with Crippen molar-refractivity contribution >= 4 is 18.0 Å². The van der Waals surface area contributed by atoms with Gasteiger partial charge in [0.2, 0.25) is 0 Å². The van der Waals surface area contributed by atoms with E-state index in [9.17, 15) is 19.5 Å². The molecule has 114 valence electrons. The number of nitrogens with zero attached hydrogens (tertiary/aromatic N) is 2. The summed E-state index contributed by atoms with van der Waals surface area (Å²) in [6.07, 6.45) is -0.862. The van der Waals surface area contributed by atoms with Gasteiger partial charge >= 0.3 is 18.0 Å². The fourth-order valence-corrected chi connectivity index (χ4v) is 2.12. The maximum Gasteiger partial charge on any atom is 0.326 e. The number of amides is 2. The van der Waals surface area contributed by atoms with E-state index in [2.05, 4.69) is 0 Å². The number of β-amino-alcohol motifs (C(OH)–C–C–N with tert-alkyl or cyclic N) is 1. The first-order valence-corrected chi connectivity index (χ1v) is 6.52. The number of hydrogen-bond donors (Lipinski definition) is 2. The van der Waals surface area contributed by atoms with Crippen molar-refractivity contribution in [3.05, 3.63) is 0 Å². The Kier molecular flexibility index (Phi) is 5.75. The van der Waals surface area contributed by atoms with Gasteiger partial charge in [0, 0.05) is 19.5 Å². The summed E-state index contributed by atoms with van der Waals surface area (Å²) < 4.78 is 4.77. The molecule has 0 spiro atoms. The highest BCUT2D eigenvalue weighted by Gasteiger charge is 2.40. The fraction of sp³-hybridized carbons (Fsp3) is 0.750. The van der Waals surface area contributed by atoms with Gasteiger partial charge in [-0.3, -0.25) is 4.79 Å². The predicted octanol–water partition coefficient (Wildman–Crippen LogP) is -0.489. The number of aliphatic carboxylic acids is 1. The van der Waals surface area contributed by atoms with E-state index in [0.717, 1.165) is 4.90 Å². The Balaban J connectivity index is 2.74. The van der Waals surface area contributed by atoms with E-state index in [1.54, 1.807) is 13.8 Å². The van der Waals surface area contributed by atoms with Crippen LogP contribution in [0, 0.1) is 0 Å². The molecule has 0 bridgehead atoms. The lowest BCUT2D eigenvalue weighted by Gasteiger charge is -2.28. The van der Waals surface area contributed by atoms with Crippen LogP contribution in [0.15, 0.2) is 0 Å². The van der Waals surface area contributed by atoms with E-state index in [-0.39, 0.29) is 32.7 Å². The highest BCUT2D eigenvalue weighted by Crippen LogP contribution is 2.20. The molecule has 8 nitrogen and oxygen atoms in total. The molecule has 2 unspecified atom stereocenters. The van der Waals surface area contributed by atoms with Crippen molar-refractivity contribution in [1.82, 2.24) is 9.80 Å². The number of carbonyl (C=O) groups excluding carboxylic acids is 2. The molecule has 8 heteroatoms. The van der Waals surface area contributed by atoms with Crippen molar-refractivity contribution in [3.63, 3.8) is 0 Å². The number of aliphatic hydroxyl groups is 1. The normalized spacial score (nSPS) is 21.6. The lowest BCUT2D eigenvalue weighted by molar-refractivity contribution is -0.143. The zero-order valence-corrected chi connectivity index (χ0v) is 11.6. The summed E-state index contributed by atoms with van der Waals surface area (Å²) in [6.45, 7) is 3.52. The number of esters is 1. The van der Waals surface area contributed by atoms with Crippen molar-refractivity contribution in [3.8, 4) is 0 Å². The van der Waals surface area contributed by atoms with Crippen LogP contribution in [0.5, 0.6) is 0 Å². The molecule has 0 aliphatic carbocycles. The molecule has 1 aliphatic heterocycles. The van der Waals surface area contributed by atoms with Gasteiger partial charge in [-0.15, -0.1) is 0 Å². The van der Waals surface area contributed by atoms with Crippen LogP contribution in [-0.2, 0) is 14.3 Å². The number of aliphatic hydroxyl groups excluding tert-OH is 1. The van der Waals surface area contributed by atoms with Gasteiger partial charge in [-0.05, 0) is 13.8 Å². The second kappa shape index (κ2) is 7.09. The van der Waals surface area contributed by atoms with Crippen LogP contribution < -0.4 is 0 Å². The first-order chi connectivity index (χ1) is 9.40. The van der Waals surface area contributed by atoms with Crippen LogP contribution in [0.1, 0.15) is 20.3 Å². The molecule has 0 radical (unpaired) electrons. The monoisotopic (exact) mass is 288 g/mol. The van der Waals surface area contributed by atoms with Gasteiger partial charge in [-0.25, -0.2) is 9.59 Å². The molecule has 1 rings (SSSR count). The number of rotatable bonds is 5. The Morgan fingerprint density at radius 3 is 2.50 bits per heavy atom. The third-order valence-electron chi connectivity index (χ3n) is 3.09. The highest BCUT2D eigenvalue weighted by molar-refractivity contribution is 5.86. The molecule has 1 aliphatic rings. The van der Waals surface area contributed by atoms with Crippen molar-refractivity contribution in [2.24, 2.45) is 0 Å². The average Bonchev–Trinajstić information content (AvgIpc) is 2.78. The molecule has 1 fully saturated rings. The van der Waals surface area contributed by atoms with Crippen LogP contribution in [0.3, 0.4) is 0 Å².